The van der Waals surface area contributed by atoms with Gasteiger partial charge in [0.1, 0.15) is 0 Å². The minimum atomic E-state index is -0.374. The Kier molecular flexibility index (Phi) is 4.18. The van der Waals surface area contributed by atoms with E-state index in [1.807, 2.05) is 0 Å². The van der Waals surface area contributed by atoms with E-state index >= 15 is 0 Å². The van der Waals surface area contributed by atoms with Gasteiger partial charge in [-0.1, -0.05) is 33.3 Å². The summed E-state index contributed by atoms with van der Waals surface area (Å²) < 4.78 is 0. The van der Waals surface area contributed by atoms with E-state index < -0.39 is 0 Å². The summed E-state index contributed by atoms with van der Waals surface area (Å²) in [5.74, 6) is 1.79. The predicted molar refractivity (Wildman–Crippen MR) is 98.9 cm³/mol. The van der Waals surface area contributed by atoms with Gasteiger partial charge in [0, 0.05) is 5.41 Å². The minimum Gasteiger partial charge on any atom is -0.393 e. The highest BCUT2D eigenvalue weighted by Crippen LogP contribution is 2.65. The van der Waals surface area contributed by atoms with Crippen LogP contribution in [0.2, 0.25) is 0 Å². The van der Waals surface area contributed by atoms with Crippen molar-refractivity contribution in [1.82, 2.24) is 0 Å². The van der Waals surface area contributed by atoms with E-state index in [0.29, 0.717) is 23.7 Å². The van der Waals surface area contributed by atoms with Crippen molar-refractivity contribution in [2.75, 3.05) is 0 Å². The van der Waals surface area contributed by atoms with Crippen molar-refractivity contribution in [2.45, 2.75) is 91.0 Å². The Balaban J connectivity index is 1.79. The number of fused-ring (bicyclic) bond motifs is 4. The zero-order valence-electron chi connectivity index (χ0n) is 16.3. The number of aliphatic hydroxyl groups excluding tert-OH is 3. The van der Waals surface area contributed by atoms with Crippen LogP contribution < -0.4 is 0 Å². The van der Waals surface area contributed by atoms with E-state index in [2.05, 4.69) is 27.7 Å². The Labute approximate surface area is 152 Å². The molecule has 0 amide bonds. The molecule has 3 heteroatoms. The molecule has 0 aromatic rings. The summed E-state index contributed by atoms with van der Waals surface area (Å²) in [6.07, 6.45) is 5.54. The third kappa shape index (κ3) is 2.34. The minimum absolute atomic E-state index is 0.0615. The fourth-order valence-electron chi connectivity index (χ4n) is 7.51. The molecule has 0 heterocycles. The first-order valence-electron chi connectivity index (χ1n) is 10.5. The molecule has 0 bridgehead atoms. The van der Waals surface area contributed by atoms with Gasteiger partial charge in [0.2, 0.25) is 0 Å². The highest BCUT2D eigenvalue weighted by Gasteiger charge is 2.60. The van der Waals surface area contributed by atoms with Crippen LogP contribution in [0.5, 0.6) is 0 Å². The SMILES string of the molecule is CC(C)[C@H]1CC[C@@H]2C3=C(C[C@H](O)[C@@]21C)[C@@]1(C)CC[C@@H](O)C[C@H]1C[C@H]3O. The van der Waals surface area contributed by atoms with Crippen molar-refractivity contribution in [3.63, 3.8) is 0 Å². The van der Waals surface area contributed by atoms with Crippen LogP contribution in [-0.2, 0) is 0 Å². The summed E-state index contributed by atoms with van der Waals surface area (Å²) in [7, 11) is 0. The van der Waals surface area contributed by atoms with Gasteiger partial charge in [-0.15, -0.1) is 0 Å². The number of aliphatic hydroxyl groups is 3. The molecule has 142 valence electrons. The van der Waals surface area contributed by atoms with E-state index in [4.69, 9.17) is 0 Å². The molecule has 3 nitrogen and oxygen atoms in total. The second-order valence-corrected chi connectivity index (χ2v) is 10.3. The molecule has 0 unspecified atom stereocenters. The van der Waals surface area contributed by atoms with Crippen molar-refractivity contribution >= 4 is 0 Å². The zero-order chi connectivity index (χ0) is 18.1. The van der Waals surface area contributed by atoms with Gasteiger partial charge in [0.25, 0.3) is 0 Å². The average molecular weight is 349 g/mol. The van der Waals surface area contributed by atoms with Crippen LogP contribution in [0.25, 0.3) is 0 Å². The van der Waals surface area contributed by atoms with E-state index in [1.54, 1.807) is 0 Å². The lowest BCUT2D eigenvalue weighted by Gasteiger charge is -2.57. The molecule has 0 aromatic heterocycles. The van der Waals surface area contributed by atoms with Crippen molar-refractivity contribution in [3.8, 4) is 0 Å². The summed E-state index contributed by atoms with van der Waals surface area (Å²) in [5, 5.41) is 32.5. The first-order valence-corrected chi connectivity index (χ1v) is 10.5. The Morgan fingerprint density at radius 1 is 1.00 bits per heavy atom. The van der Waals surface area contributed by atoms with Crippen molar-refractivity contribution in [2.24, 2.45) is 34.5 Å². The smallest absolute Gasteiger partial charge is 0.0758 e. The Morgan fingerprint density at radius 3 is 2.40 bits per heavy atom. The first kappa shape index (κ1) is 18.0. The molecule has 4 aliphatic carbocycles. The van der Waals surface area contributed by atoms with Crippen molar-refractivity contribution in [1.29, 1.82) is 0 Å². The lowest BCUT2D eigenvalue weighted by atomic mass is 9.49. The summed E-state index contributed by atoms with van der Waals surface area (Å²) in [6, 6.07) is 0. The van der Waals surface area contributed by atoms with Crippen LogP contribution in [0.1, 0.15) is 72.6 Å². The molecule has 0 aliphatic heterocycles. The van der Waals surface area contributed by atoms with Crippen molar-refractivity contribution < 1.29 is 15.3 Å². The molecule has 3 N–H and O–H groups in total. The van der Waals surface area contributed by atoms with E-state index in [-0.39, 0.29) is 29.1 Å². The van der Waals surface area contributed by atoms with Crippen LogP contribution in [0.3, 0.4) is 0 Å². The summed E-state index contributed by atoms with van der Waals surface area (Å²) in [5.41, 5.74) is 2.63. The average Bonchev–Trinajstić information content (AvgIpc) is 2.89. The van der Waals surface area contributed by atoms with Crippen LogP contribution in [0.4, 0.5) is 0 Å². The number of rotatable bonds is 1. The maximum atomic E-state index is 11.3. The fraction of sp³-hybridized carbons (Fsp3) is 0.909. The Hall–Kier alpha value is -0.380. The Morgan fingerprint density at radius 2 is 1.72 bits per heavy atom. The molecule has 2 saturated carbocycles. The molecule has 2 fully saturated rings. The molecule has 4 rings (SSSR count). The number of hydrogen-bond donors (Lipinski definition) is 3. The molecular formula is C22H36O3. The Bertz CT molecular complexity index is 582. The molecule has 8 atom stereocenters. The van der Waals surface area contributed by atoms with E-state index in [9.17, 15) is 15.3 Å². The highest BCUT2D eigenvalue weighted by molar-refractivity contribution is 5.38. The van der Waals surface area contributed by atoms with Gasteiger partial charge in [-0.05, 0) is 79.6 Å². The van der Waals surface area contributed by atoms with Gasteiger partial charge in [0.15, 0.2) is 0 Å². The second-order valence-electron chi connectivity index (χ2n) is 10.3. The maximum absolute atomic E-state index is 11.3. The molecule has 4 aliphatic rings. The molecule has 0 spiro atoms. The van der Waals surface area contributed by atoms with Gasteiger partial charge in [-0.2, -0.15) is 0 Å². The predicted octanol–water partition coefficient (Wildman–Crippen LogP) is 3.67. The lowest BCUT2D eigenvalue weighted by Crippen LogP contribution is -2.54. The number of hydrogen-bond acceptors (Lipinski definition) is 3. The summed E-state index contributed by atoms with van der Waals surface area (Å²) >= 11 is 0. The quantitative estimate of drug-likeness (QED) is 0.634. The molecule has 0 radical (unpaired) electrons. The van der Waals surface area contributed by atoms with Gasteiger partial charge >= 0.3 is 0 Å². The van der Waals surface area contributed by atoms with Crippen LogP contribution in [-0.4, -0.2) is 33.6 Å². The monoisotopic (exact) mass is 348 g/mol. The van der Waals surface area contributed by atoms with Gasteiger partial charge in [-0.25, -0.2) is 0 Å². The molecule has 0 aromatic carbocycles. The van der Waals surface area contributed by atoms with Crippen LogP contribution in [0, 0.1) is 34.5 Å². The van der Waals surface area contributed by atoms with Gasteiger partial charge < -0.3 is 15.3 Å². The normalized spacial score (nSPS) is 52.8. The maximum Gasteiger partial charge on any atom is 0.0758 e. The highest BCUT2D eigenvalue weighted by atomic mass is 16.3. The standard InChI is InChI=1S/C22H36O3/c1-12(2)15-5-6-16-20-17(11-19(25)22(15,16)4)21(3)8-7-14(23)9-13(21)10-18(20)24/h12-16,18-19,23-25H,5-11H2,1-4H3/t13-,14+,15+,16+,18+,19-,21-,22+/m0/s1. The van der Waals surface area contributed by atoms with Gasteiger partial charge in [0.05, 0.1) is 18.3 Å². The van der Waals surface area contributed by atoms with E-state index in [1.165, 1.54) is 11.1 Å². The molecule has 25 heavy (non-hydrogen) atoms. The zero-order valence-corrected chi connectivity index (χ0v) is 16.3. The van der Waals surface area contributed by atoms with Crippen LogP contribution in [0.15, 0.2) is 11.1 Å². The third-order valence-corrected chi connectivity index (χ3v) is 8.97. The summed E-state index contributed by atoms with van der Waals surface area (Å²) in [4.78, 5) is 0. The van der Waals surface area contributed by atoms with Gasteiger partial charge in [-0.3, -0.25) is 0 Å². The fourth-order valence-corrected chi connectivity index (χ4v) is 7.51. The lowest BCUT2D eigenvalue weighted by molar-refractivity contribution is -0.0668. The molecular weight excluding hydrogens is 312 g/mol. The third-order valence-electron chi connectivity index (χ3n) is 8.97. The van der Waals surface area contributed by atoms with E-state index in [0.717, 1.165) is 44.9 Å². The molecule has 0 saturated heterocycles. The topological polar surface area (TPSA) is 60.7 Å². The second kappa shape index (κ2) is 5.81. The summed E-state index contributed by atoms with van der Waals surface area (Å²) in [6.45, 7) is 9.20. The first-order chi connectivity index (χ1) is 11.7. The largest absolute Gasteiger partial charge is 0.393 e. The van der Waals surface area contributed by atoms with Crippen LogP contribution >= 0.6 is 0 Å². The van der Waals surface area contributed by atoms with Crippen molar-refractivity contribution in [3.05, 3.63) is 11.1 Å².